The minimum absolute atomic E-state index is 0.130. The Labute approximate surface area is 213 Å². The fourth-order valence-corrected chi connectivity index (χ4v) is 4.17. The number of anilines is 1. The maximum atomic E-state index is 13.0. The highest BCUT2D eigenvalue weighted by molar-refractivity contribution is 7.12. The van der Waals surface area contributed by atoms with Gasteiger partial charge < -0.3 is 25.8 Å². The molecule has 36 heavy (non-hydrogen) atoms. The molecule has 1 aromatic carbocycles. The molecule has 10 nitrogen and oxygen atoms in total. The van der Waals surface area contributed by atoms with Crippen LogP contribution in [0.2, 0.25) is 0 Å². The van der Waals surface area contributed by atoms with Crippen LogP contribution < -0.4 is 16.0 Å². The second-order valence-electron chi connectivity index (χ2n) is 8.03. The first-order valence-corrected chi connectivity index (χ1v) is 12.2. The topological polar surface area (TPSA) is 143 Å². The molecule has 0 aliphatic rings. The first kappa shape index (κ1) is 26.6. The summed E-state index contributed by atoms with van der Waals surface area (Å²) in [4.78, 5) is 46.7. The summed E-state index contributed by atoms with van der Waals surface area (Å²) < 4.78 is 4.79. The molecule has 2 aromatic heterocycles. The van der Waals surface area contributed by atoms with Gasteiger partial charge in [0.1, 0.15) is 11.8 Å². The van der Waals surface area contributed by atoms with Crippen LogP contribution >= 0.6 is 11.3 Å². The van der Waals surface area contributed by atoms with Gasteiger partial charge in [0.05, 0.1) is 28.9 Å². The van der Waals surface area contributed by atoms with E-state index in [0.717, 1.165) is 18.4 Å². The molecule has 0 aliphatic carbocycles. The molecule has 2 heterocycles. The number of aromatic nitrogens is 2. The van der Waals surface area contributed by atoms with Gasteiger partial charge >= 0.3 is 5.97 Å². The van der Waals surface area contributed by atoms with E-state index in [4.69, 9.17) is 4.74 Å². The van der Waals surface area contributed by atoms with Crippen molar-refractivity contribution in [2.75, 3.05) is 25.5 Å². The van der Waals surface area contributed by atoms with Crippen LogP contribution in [0.3, 0.4) is 0 Å². The van der Waals surface area contributed by atoms with Gasteiger partial charge in [-0.05, 0) is 55.8 Å². The van der Waals surface area contributed by atoms with E-state index < -0.39 is 17.9 Å². The predicted molar refractivity (Wildman–Crippen MR) is 136 cm³/mol. The largest absolute Gasteiger partial charge is 0.508 e. The lowest BCUT2D eigenvalue weighted by Gasteiger charge is -2.18. The average molecular weight is 512 g/mol. The minimum Gasteiger partial charge on any atom is -0.508 e. The normalized spacial score (nSPS) is 11.4. The smallest absolute Gasteiger partial charge is 0.330 e. The van der Waals surface area contributed by atoms with Crippen molar-refractivity contribution >= 4 is 35.1 Å². The summed E-state index contributed by atoms with van der Waals surface area (Å²) in [6, 6.07) is 9.40. The van der Waals surface area contributed by atoms with E-state index in [-0.39, 0.29) is 23.8 Å². The fourth-order valence-electron chi connectivity index (χ4n) is 3.53. The van der Waals surface area contributed by atoms with Crippen LogP contribution in [0.15, 0.2) is 41.8 Å². The molecule has 0 saturated heterocycles. The molecule has 0 aliphatic heterocycles. The molecular formula is C25H29N5O5S. The number of carbonyl (C=O) groups excluding carboxylic acids is 3. The van der Waals surface area contributed by atoms with Crippen LogP contribution in [-0.4, -0.2) is 59.1 Å². The highest BCUT2D eigenvalue weighted by Crippen LogP contribution is 2.15. The number of amides is 2. The van der Waals surface area contributed by atoms with Crippen molar-refractivity contribution < 1.29 is 24.2 Å². The molecule has 0 unspecified atom stereocenters. The van der Waals surface area contributed by atoms with Crippen LogP contribution in [0, 0.1) is 13.8 Å². The first-order valence-electron chi connectivity index (χ1n) is 11.4. The fraction of sp³-hybridized carbons (Fsp3) is 0.320. The van der Waals surface area contributed by atoms with Crippen molar-refractivity contribution in [3.63, 3.8) is 0 Å². The Morgan fingerprint density at radius 1 is 1.06 bits per heavy atom. The molecule has 11 heteroatoms. The number of nitrogens with one attached hydrogen (secondary N) is 3. The van der Waals surface area contributed by atoms with Gasteiger partial charge in [0, 0.05) is 13.1 Å². The number of aromatic hydroxyl groups is 1. The van der Waals surface area contributed by atoms with Gasteiger partial charge in [0.25, 0.3) is 11.8 Å². The lowest BCUT2D eigenvalue weighted by molar-refractivity contribution is -0.142. The molecule has 0 saturated carbocycles. The van der Waals surface area contributed by atoms with Crippen molar-refractivity contribution in [3.05, 3.63) is 69.2 Å². The highest BCUT2D eigenvalue weighted by Gasteiger charge is 2.25. The number of hydrogen-bond acceptors (Lipinski definition) is 9. The third-order valence-electron chi connectivity index (χ3n) is 5.36. The minimum atomic E-state index is -1.08. The Morgan fingerprint density at radius 2 is 1.75 bits per heavy atom. The molecule has 0 fully saturated rings. The summed E-state index contributed by atoms with van der Waals surface area (Å²) >= 11 is 1.27. The Balaban J connectivity index is 1.58. The number of nitrogens with zero attached hydrogens (tertiary/aromatic N) is 2. The number of benzene rings is 1. The zero-order valence-electron chi connectivity index (χ0n) is 20.3. The molecule has 0 spiro atoms. The molecule has 3 rings (SSSR count). The summed E-state index contributed by atoms with van der Waals surface area (Å²) in [6.45, 7) is 3.88. The molecule has 0 radical (unpaired) electrons. The van der Waals surface area contributed by atoms with Crippen LogP contribution in [-0.2, 0) is 16.0 Å². The number of phenols is 1. The van der Waals surface area contributed by atoms with E-state index in [0.29, 0.717) is 28.8 Å². The second kappa shape index (κ2) is 12.6. The van der Waals surface area contributed by atoms with E-state index in [1.807, 2.05) is 12.1 Å². The summed E-state index contributed by atoms with van der Waals surface area (Å²) in [6.07, 6.45) is 1.65. The monoisotopic (exact) mass is 511 g/mol. The Hall–Kier alpha value is -3.99. The zero-order valence-corrected chi connectivity index (χ0v) is 21.1. The summed E-state index contributed by atoms with van der Waals surface area (Å²) in [5, 5.41) is 19.6. The van der Waals surface area contributed by atoms with Gasteiger partial charge in [0.2, 0.25) is 5.95 Å². The third-order valence-corrected chi connectivity index (χ3v) is 6.23. The van der Waals surface area contributed by atoms with Crippen molar-refractivity contribution in [3.8, 4) is 5.75 Å². The van der Waals surface area contributed by atoms with Gasteiger partial charge in [0.15, 0.2) is 0 Å². The number of carbonyl (C=O) groups is 3. The highest BCUT2D eigenvalue weighted by atomic mass is 32.1. The number of methoxy groups -OCH3 is 1. The summed E-state index contributed by atoms with van der Waals surface area (Å²) in [7, 11) is 1.21. The molecular weight excluding hydrogens is 482 g/mol. The molecule has 3 aromatic rings. The molecule has 4 N–H and O–H groups in total. The van der Waals surface area contributed by atoms with Gasteiger partial charge in [-0.3, -0.25) is 9.59 Å². The number of aryl methyl sites for hydroxylation is 3. The number of hydrogen-bond donors (Lipinski definition) is 4. The standard InChI is InChI=1S/C25H29N5O5S/c1-15-21(16(2)29-25(28-15)26-12-4-6-17-8-10-18(31)11-9-17)23(33)30-19(24(34)35-3)14-27-22(32)20-7-5-13-36-20/h5,7-11,13,19,31H,4,6,12,14H2,1-3H3,(H,27,32)(H,30,33)(H,26,28,29)/t19-/m0/s1. The maximum Gasteiger partial charge on any atom is 0.330 e. The van der Waals surface area contributed by atoms with Crippen LogP contribution in [0.1, 0.15) is 43.4 Å². The molecule has 1 atom stereocenters. The lowest BCUT2D eigenvalue weighted by atomic mass is 10.1. The summed E-state index contributed by atoms with van der Waals surface area (Å²) in [5.74, 6) is -0.923. The van der Waals surface area contributed by atoms with Crippen molar-refractivity contribution in [2.24, 2.45) is 0 Å². The van der Waals surface area contributed by atoms with Gasteiger partial charge in [-0.15, -0.1) is 11.3 Å². The first-order chi connectivity index (χ1) is 17.3. The van der Waals surface area contributed by atoms with Crippen LogP contribution in [0.4, 0.5) is 5.95 Å². The van der Waals surface area contributed by atoms with E-state index in [2.05, 4.69) is 25.9 Å². The van der Waals surface area contributed by atoms with E-state index >= 15 is 0 Å². The van der Waals surface area contributed by atoms with Crippen molar-refractivity contribution in [2.45, 2.75) is 32.7 Å². The number of phenolic OH excluding ortho intramolecular Hbond substituents is 1. The number of esters is 1. The van der Waals surface area contributed by atoms with Gasteiger partial charge in [-0.25, -0.2) is 14.8 Å². The van der Waals surface area contributed by atoms with Gasteiger partial charge in [-0.1, -0.05) is 18.2 Å². The lowest BCUT2D eigenvalue weighted by Crippen LogP contribution is -2.49. The molecule has 0 bridgehead atoms. The molecule has 2 amide bonds. The van der Waals surface area contributed by atoms with Crippen molar-refractivity contribution in [1.82, 2.24) is 20.6 Å². The average Bonchev–Trinajstić information content (AvgIpc) is 3.39. The maximum absolute atomic E-state index is 13.0. The van der Waals surface area contributed by atoms with E-state index in [1.54, 1.807) is 43.5 Å². The number of rotatable bonds is 11. The Kier molecular flexibility index (Phi) is 9.34. The van der Waals surface area contributed by atoms with E-state index in [9.17, 15) is 19.5 Å². The second-order valence-corrected chi connectivity index (χ2v) is 8.97. The Morgan fingerprint density at radius 3 is 2.36 bits per heavy atom. The third kappa shape index (κ3) is 7.25. The van der Waals surface area contributed by atoms with Crippen molar-refractivity contribution in [1.29, 1.82) is 0 Å². The van der Waals surface area contributed by atoms with Gasteiger partial charge in [-0.2, -0.15) is 0 Å². The predicted octanol–water partition coefficient (Wildman–Crippen LogP) is 2.61. The van der Waals surface area contributed by atoms with E-state index in [1.165, 1.54) is 18.4 Å². The molecule has 190 valence electrons. The number of ether oxygens (including phenoxy) is 1. The Bertz CT molecular complexity index is 1180. The zero-order chi connectivity index (χ0) is 26.1. The number of thiophene rings is 1. The van der Waals surface area contributed by atoms with Crippen LogP contribution in [0.25, 0.3) is 0 Å². The van der Waals surface area contributed by atoms with Crippen LogP contribution in [0.5, 0.6) is 5.75 Å². The SMILES string of the molecule is COC(=O)[C@H](CNC(=O)c1cccs1)NC(=O)c1c(C)nc(NCCCc2ccc(O)cc2)nc1C. The quantitative estimate of drug-likeness (QED) is 0.227. The summed E-state index contributed by atoms with van der Waals surface area (Å²) in [5.41, 5.74) is 2.27.